The van der Waals surface area contributed by atoms with Crippen LogP contribution in [0.25, 0.3) is 0 Å². The highest BCUT2D eigenvalue weighted by molar-refractivity contribution is 5.67. The lowest BCUT2D eigenvalue weighted by Crippen LogP contribution is -2.43. The summed E-state index contributed by atoms with van der Waals surface area (Å²) in [6, 6.07) is 0. The van der Waals surface area contributed by atoms with Crippen molar-refractivity contribution in [1.29, 1.82) is 0 Å². The van der Waals surface area contributed by atoms with E-state index in [0.717, 1.165) is 12.8 Å². The summed E-state index contributed by atoms with van der Waals surface area (Å²) in [6.07, 6.45) is 9.10. The van der Waals surface area contributed by atoms with Crippen LogP contribution in [-0.2, 0) is 4.74 Å². The molecule has 4 nitrogen and oxygen atoms in total. The molecule has 1 amide bonds. The van der Waals surface area contributed by atoms with E-state index in [-0.39, 0.29) is 18.1 Å². The van der Waals surface area contributed by atoms with Crippen LogP contribution in [0.4, 0.5) is 4.79 Å². The summed E-state index contributed by atoms with van der Waals surface area (Å²) in [5, 5.41) is 12.8. The lowest BCUT2D eigenvalue weighted by molar-refractivity contribution is 0.0420. The number of carbonyl (C=O) groups excluding carboxylic acids is 1. The van der Waals surface area contributed by atoms with Crippen molar-refractivity contribution in [2.75, 3.05) is 13.2 Å². The molecule has 1 unspecified atom stereocenters. The van der Waals surface area contributed by atoms with Gasteiger partial charge in [-0.05, 0) is 46.0 Å². The maximum atomic E-state index is 11.9. The van der Waals surface area contributed by atoms with Crippen molar-refractivity contribution >= 4 is 6.09 Å². The molecule has 1 rings (SSSR count). The molecule has 1 aliphatic carbocycles. The Labute approximate surface area is 136 Å². The van der Waals surface area contributed by atoms with Crippen LogP contribution in [0.5, 0.6) is 0 Å². The SMILES string of the molecule is CCCCCCCC(CO)(CNC(=O)OC(C)(C)C)C1CC1. The van der Waals surface area contributed by atoms with Crippen molar-refractivity contribution in [3.63, 3.8) is 0 Å². The maximum absolute atomic E-state index is 11.9. The van der Waals surface area contributed by atoms with Gasteiger partial charge in [0.1, 0.15) is 5.60 Å². The molecule has 0 aliphatic heterocycles. The predicted molar refractivity (Wildman–Crippen MR) is 89.9 cm³/mol. The van der Waals surface area contributed by atoms with Gasteiger partial charge in [-0.2, -0.15) is 0 Å². The molecule has 4 heteroatoms. The molecule has 0 saturated heterocycles. The van der Waals surface area contributed by atoms with Gasteiger partial charge in [0, 0.05) is 12.0 Å². The lowest BCUT2D eigenvalue weighted by Gasteiger charge is -2.33. The Bertz CT molecular complexity index is 334. The van der Waals surface area contributed by atoms with Crippen LogP contribution in [0.15, 0.2) is 0 Å². The number of rotatable bonds is 10. The van der Waals surface area contributed by atoms with Crippen molar-refractivity contribution in [2.24, 2.45) is 11.3 Å². The smallest absolute Gasteiger partial charge is 0.407 e. The third kappa shape index (κ3) is 6.99. The van der Waals surface area contributed by atoms with Crippen molar-refractivity contribution < 1.29 is 14.6 Å². The van der Waals surface area contributed by atoms with Gasteiger partial charge in [-0.1, -0.05) is 39.0 Å². The molecule has 0 aromatic carbocycles. The number of aliphatic hydroxyl groups excluding tert-OH is 1. The Morgan fingerprint density at radius 3 is 2.32 bits per heavy atom. The number of ether oxygens (including phenoxy) is 1. The molecule has 0 radical (unpaired) electrons. The Balaban J connectivity index is 2.44. The molecular weight excluding hydrogens is 278 g/mol. The highest BCUT2D eigenvalue weighted by Gasteiger charge is 2.44. The minimum absolute atomic E-state index is 0.150. The van der Waals surface area contributed by atoms with Gasteiger partial charge >= 0.3 is 6.09 Å². The van der Waals surface area contributed by atoms with Gasteiger partial charge in [-0.25, -0.2) is 4.79 Å². The van der Waals surface area contributed by atoms with Gasteiger partial charge in [0.05, 0.1) is 6.61 Å². The highest BCUT2D eigenvalue weighted by atomic mass is 16.6. The van der Waals surface area contributed by atoms with Crippen LogP contribution < -0.4 is 5.32 Å². The van der Waals surface area contributed by atoms with Gasteiger partial charge < -0.3 is 15.2 Å². The third-order valence-electron chi connectivity index (χ3n) is 4.52. The number of hydrogen-bond donors (Lipinski definition) is 2. The summed E-state index contributed by atoms with van der Waals surface area (Å²) in [6.45, 7) is 8.48. The number of unbranched alkanes of at least 4 members (excludes halogenated alkanes) is 4. The van der Waals surface area contributed by atoms with Crippen LogP contribution in [0, 0.1) is 11.3 Å². The van der Waals surface area contributed by atoms with E-state index in [1.165, 1.54) is 38.5 Å². The van der Waals surface area contributed by atoms with Gasteiger partial charge in [-0.15, -0.1) is 0 Å². The number of amides is 1. The van der Waals surface area contributed by atoms with E-state index >= 15 is 0 Å². The summed E-state index contributed by atoms with van der Waals surface area (Å²) in [5.74, 6) is 0.554. The van der Waals surface area contributed by atoms with E-state index in [9.17, 15) is 9.90 Å². The Kier molecular flexibility index (Phi) is 7.67. The second-order valence-corrected chi connectivity index (χ2v) is 7.81. The van der Waals surface area contributed by atoms with Gasteiger partial charge in [-0.3, -0.25) is 0 Å². The lowest BCUT2D eigenvalue weighted by atomic mass is 9.78. The van der Waals surface area contributed by atoms with Crippen LogP contribution in [-0.4, -0.2) is 30.0 Å². The van der Waals surface area contributed by atoms with Crippen molar-refractivity contribution in [3.8, 4) is 0 Å². The van der Waals surface area contributed by atoms with Crippen molar-refractivity contribution in [1.82, 2.24) is 5.32 Å². The first-order chi connectivity index (χ1) is 10.3. The number of carbonyl (C=O) groups is 1. The first-order valence-electron chi connectivity index (χ1n) is 8.91. The van der Waals surface area contributed by atoms with Crippen LogP contribution >= 0.6 is 0 Å². The summed E-state index contributed by atoms with van der Waals surface area (Å²) < 4.78 is 5.30. The number of aliphatic hydroxyl groups is 1. The summed E-state index contributed by atoms with van der Waals surface area (Å²) in [5.41, 5.74) is -0.630. The van der Waals surface area contributed by atoms with E-state index in [0.29, 0.717) is 12.5 Å². The van der Waals surface area contributed by atoms with Gasteiger partial charge in [0.2, 0.25) is 0 Å². The Morgan fingerprint density at radius 2 is 1.82 bits per heavy atom. The predicted octanol–water partition coefficient (Wildman–Crippen LogP) is 4.26. The summed E-state index contributed by atoms with van der Waals surface area (Å²) >= 11 is 0. The second kappa shape index (κ2) is 8.76. The van der Waals surface area contributed by atoms with E-state index < -0.39 is 5.60 Å². The Hall–Kier alpha value is -0.770. The fourth-order valence-corrected chi connectivity index (χ4v) is 3.04. The van der Waals surface area contributed by atoms with E-state index in [4.69, 9.17) is 4.74 Å². The zero-order valence-electron chi connectivity index (χ0n) is 14.9. The molecule has 2 N–H and O–H groups in total. The fourth-order valence-electron chi connectivity index (χ4n) is 3.04. The van der Waals surface area contributed by atoms with Gasteiger partial charge in [0.25, 0.3) is 0 Å². The quantitative estimate of drug-likeness (QED) is 0.592. The fraction of sp³-hybridized carbons (Fsp3) is 0.944. The maximum Gasteiger partial charge on any atom is 0.407 e. The third-order valence-corrected chi connectivity index (χ3v) is 4.52. The number of hydrogen-bond acceptors (Lipinski definition) is 3. The normalized spacial score (nSPS) is 17.9. The molecule has 130 valence electrons. The summed E-state index contributed by atoms with van der Waals surface area (Å²) in [4.78, 5) is 11.9. The van der Waals surface area contributed by atoms with Crippen molar-refractivity contribution in [3.05, 3.63) is 0 Å². The first-order valence-corrected chi connectivity index (χ1v) is 8.91. The molecule has 1 aliphatic rings. The molecule has 0 aromatic heterocycles. The molecule has 22 heavy (non-hydrogen) atoms. The molecule has 1 fully saturated rings. The van der Waals surface area contributed by atoms with E-state index in [2.05, 4.69) is 12.2 Å². The molecule has 0 heterocycles. The van der Waals surface area contributed by atoms with E-state index in [1.807, 2.05) is 20.8 Å². The molecule has 1 saturated carbocycles. The average Bonchev–Trinajstić information content (AvgIpc) is 3.25. The standard InChI is InChI=1S/C18H35NO3/c1-5-6-7-8-9-12-18(14-20,15-10-11-15)13-19-16(21)22-17(2,3)4/h15,20H,5-14H2,1-4H3,(H,19,21). The number of nitrogens with one attached hydrogen (secondary N) is 1. The molecule has 0 bridgehead atoms. The van der Waals surface area contributed by atoms with Crippen LogP contribution in [0.3, 0.4) is 0 Å². The van der Waals surface area contributed by atoms with Gasteiger partial charge in [0.15, 0.2) is 0 Å². The minimum atomic E-state index is -0.480. The molecule has 1 atom stereocenters. The largest absolute Gasteiger partial charge is 0.444 e. The second-order valence-electron chi connectivity index (χ2n) is 7.81. The molecular formula is C18H35NO3. The molecule has 0 aromatic rings. The first kappa shape index (κ1) is 19.3. The zero-order chi connectivity index (χ0) is 16.6. The monoisotopic (exact) mass is 313 g/mol. The molecule has 0 spiro atoms. The Morgan fingerprint density at radius 1 is 1.18 bits per heavy atom. The zero-order valence-corrected chi connectivity index (χ0v) is 14.9. The highest BCUT2D eigenvalue weighted by Crippen LogP contribution is 2.48. The minimum Gasteiger partial charge on any atom is -0.444 e. The average molecular weight is 313 g/mol. The summed E-state index contributed by atoms with van der Waals surface area (Å²) in [7, 11) is 0. The topological polar surface area (TPSA) is 58.6 Å². The van der Waals surface area contributed by atoms with Crippen LogP contribution in [0.2, 0.25) is 0 Å². The van der Waals surface area contributed by atoms with Crippen molar-refractivity contribution in [2.45, 2.75) is 84.7 Å². The number of alkyl carbamates (subject to hydrolysis) is 1. The van der Waals surface area contributed by atoms with Crippen LogP contribution in [0.1, 0.15) is 79.1 Å². The van der Waals surface area contributed by atoms with E-state index in [1.54, 1.807) is 0 Å².